The summed E-state index contributed by atoms with van der Waals surface area (Å²) >= 11 is 0. The fourth-order valence-electron chi connectivity index (χ4n) is 2.57. The van der Waals surface area contributed by atoms with Crippen LogP contribution in [0.25, 0.3) is 6.08 Å². The molecule has 0 spiro atoms. The van der Waals surface area contributed by atoms with E-state index in [-0.39, 0.29) is 23.9 Å². The van der Waals surface area contributed by atoms with Gasteiger partial charge in [0.2, 0.25) is 5.70 Å². The Morgan fingerprint density at radius 3 is 3.00 bits per heavy atom. The smallest absolute Gasteiger partial charge is 0.252 e. The third-order valence-corrected chi connectivity index (χ3v) is 3.63. The Labute approximate surface area is 120 Å². The minimum Gasteiger partial charge on any atom is -0.495 e. The van der Waals surface area contributed by atoms with Crippen LogP contribution in [0.4, 0.5) is 0 Å². The normalized spacial score (nSPS) is 22.4. The van der Waals surface area contributed by atoms with Gasteiger partial charge in [0.05, 0.1) is 24.1 Å². The number of rotatable bonds is 3. The zero-order valence-electron chi connectivity index (χ0n) is 11.3. The average molecular weight is 287 g/mol. The molecule has 1 amide bonds. The molecule has 2 aliphatic rings. The molecular weight excluding hydrogens is 274 g/mol. The maximum absolute atomic E-state index is 12.1. The second-order valence-electron chi connectivity index (χ2n) is 4.81. The highest BCUT2D eigenvalue weighted by Gasteiger charge is 2.37. The number of aromatic nitrogens is 1. The Morgan fingerprint density at radius 2 is 2.29 bits per heavy atom. The lowest BCUT2D eigenvalue weighted by Gasteiger charge is -2.13. The van der Waals surface area contributed by atoms with Crippen LogP contribution in [0.5, 0.6) is 5.75 Å². The number of carbonyl (C=O) groups excluding carboxylic acids is 1. The maximum Gasteiger partial charge on any atom is 0.252 e. The Balaban J connectivity index is 1.97. The van der Waals surface area contributed by atoms with E-state index in [0.29, 0.717) is 22.7 Å². The van der Waals surface area contributed by atoms with Crippen LogP contribution in [-0.4, -0.2) is 22.9 Å². The summed E-state index contributed by atoms with van der Waals surface area (Å²) in [6, 6.07) is 1.75. The number of H-pyrrole nitrogens is 1. The van der Waals surface area contributed by atoms with Gasteiger partial charge in [-0.3, -0.25) is 14.9 Å². The van der Waals surface area contributed by atoms with E-state index in [4.69, 9.17) is 4.74 Å². The zero-order chi connectivity index (χ0) is 15.0. The standard InChI is InChI=1S/C14H13N3O4/c1-21-13-4-5-15-12(13)7-10-9-6-8(17(19)20)2-3-11(9)16-14(10)18/h2-5,7,9,15H,6H2,1H3,(H,16,18). The van der Waals surface area contributed by atoms with Gasteiger partial charge in [0, 0.05) is 29.5 Å². The molecule has 21 heavy (non-hydrogen) atoms. The molecular formula is C14H13N3O4. The molecule has 7 nitrogen and oxygen atoms in total. The monoisotopic (exact) mass is 287 g/mol. The summed E-state index contributed by atoms with van der Waals surface area (Å²) in [5, 5.41) is 13.7. The van der Waals surface area contributed by atoms with Gasteiger partial charge in [0.15, 0.2) is 0 Å². The van der Waals surface area contributed by atoms with Gasteiger partial charge >= 0.3 is 0 Å². The molecule has 2 heterocycles. The third-order valence-electron chi connectivity index (χ3n) is 3.63. The van der Waals surface area contributed by atoms with Crippen molar-refractivity contribution in [1.82, 2.24) is 10.3 Å². The van der Waals surface area contributed by atoms with Crippen molar-refractivity contribution in [2.24, 2.45) is 5.92 Å². The molecule has 1 unspecified atom stereocenters. The summed E-state index contributed by atoms with van der Waals surface area (Å²) in [6.45, 7) is 0. The van der Waals surface area contributed by atoms with Gasteiger partial charge in [-0.1, -0.05) is 0 Å². The highest BCUT2D eigenvalue weighted by molar-refractivity contribution is 6.03. The van der Waals surface area contributed by atoms with E-state index in [2.05, 4.69) is 10.3 Å². The van der Waals surface area contributed by atoms with Crippen molar-refractivity contribution in [3.63, 3.8) is 0 Å². The number of allylic oxidation sites excluding steroid dienone is 4. The molecule has 0 aromatic carbocycles. The van der Waals surface area contributed by atoms with Crippen LogP contribution >= 0.6 is 0 Å². The summed E-state index contributed by atoms with van der Waals surface area (Å²) in [7, 11) is 1.54. The number of nitrogens with zero attached hydrogens (tertiary/aromatic N) is 1. The summed E-state index contributed by atoms with van der Waals surface area (Å²) < 4.78 is 5.18. The first-order chi connectivity index (χ1) is 10.1. The van der Waals surface area contributed by atoms with Gasteiger partial charge in [0.1, 0.15) is 5.75 Å². The van der Waals surface area contributed by atoms with Gasteiger partial charge in [0.25, 0.3) is 5.91 Å². The number of hydrogen-bond donors (Lipinski definition) is 2. The highest BCUT2D eigenvalue weighted by Crippen LogP contribution is 2.36. The van der Waals surface area contributed by atoms with E-state index >= 15 is 0 Å². The average Bonchev–Trinajstić information content (AvgIpc) is 3.03. The van der Waals surface area contributed by atoms with Crippen molar-refractivity contribution in [3.8, 4) is 5.75 Å². The topological polar surface area (TPSA) is 97.3 Å². The van der Waals surface area contributed by atoms with Crippen molar-refractivity contribution in [2.45, 2.75) is 6.42 Å². The van der Waals surface area contributed by atoms with Crippen LogP contribution in [0.2, 0.25) is 0 Å². The number of carbonyl (C=O) groups is 1. The summed E-state index contributed by atoms with van der Waals surface area (Å²) in [5.74, 6) is 0.0744. The van der Waals surface area contributed by atoms with Crippen molar-refractivity contribution >= 4 is 12.0 Å². The van der Waals surface area contributed by atoms with Crippen LogP contribution < -0.4 is 10.1 Å². The van der Waals surface area contributed by atoms with Crippen LogP contribution in [0.3, 0.4) is 0 Å². The fraction of sp³-hybridized carbons (Fsp3) is 0.214. The van der Waals surface area contributed by atoms with Crippen molar-refractivity contribution in [3.05, 3.63) is 57.2 Å². The molecule has 1 saturated heterocycles. The van der Waals surface area contributed by atoms with E-state index in [1.54, 1.807) is 31.5 Å². The lowest BCUT2D eigenvalue weighted by molar-refractivity contribution is -0.428. The summed E-state index contributed by atoms with van der Waals surface area (Å²) in [5.41, 5.74) is 1.96. The third kappa shape index (κ3) is 2.22. The summed E-state index contributed by atoms with van der Waals surface area (Å²) in [4.78, 5) is 25.6. The van der Waals surface area contributed by atoms with Gasteiger partial charge in [-0.25, -0.2) is 0 Å². The Morgan fingerprint density at radius 1 is 1.48 bits per heavy atom. The number of nitrogens with one attached hydrogen (secondary N) is 2. The lowest BCUT2D eigenvalue weighted by atomic mass is 9.90. The number of methoxy groups -OCH3 is 1. The second kappa shape index (κ2) is 4.93. The van der Waals surface area contributed by atoms with Crippen LogP contribution in [0, 0.1) is 16.0 Å². The predicted octanol–water partition coefficient (Wildman–Crippen LogP) is 1.60. The SMILES string of the molecule is COc1cc[nH]c1C=C1C(=O)NC2=CC=C([N+](=O)[O-])CC21. The minimum absolute atomic E-state index is 0.101. The van der Waals surface area contributed by atoms with Crippen molar-refractivity contribution < 1.29 is 14.5 Å². The zero-order valence-corrected chi connectivity index (χ0v) is 11.3. The molecule has 0 radical (unpaired) electrons. The first-order valence-electron chi connectivity index (χ1n) is 6.39. The molecule has 108 valence electrons. The summed E-state index contributed by atoms with van der Waals surface area (Å²) in [6.07, 6.45) is 6.62. The number of aromatic amines is 1. The second-order valence-corrected chi connectivity index (χ2v) is 4.81. The Kier molecular flexibility index (Phi) is 3.09. The van der Waals surface area contributed by atoms with E-state index in [1.807, 2.05) is 0 Å². The molecule has 1 fully saturated rings. The largest absolute Gasteiger partial charge is 0.495 e. The first-order valence-corrected chi connectivity index (χ1v) is 6.39. The first kappa shape index (κ1) is 13.2. The molecule has 1 aliphatic carbocycles. The molecule has 1 aliphatic heterocycles. The van der Waals surface area contributed by atoms with E-state index in [0.717, 1.165) is 0 Å². The van der Waals surface area contributed by atoms with Gasteiger partial charge in [-0.05, 0) is 18.2 Å². The number of amides is 1. The van der Waals surface area contributed by atoms with Crippen LogP contribution in [0.15, 0.2) is 41.4 Å². The molecule has 1 atom stereocenters. The van der Waals surface area contributed by atoms with E-state index in [1.165, 1.54) is 6.08 Å². The molecule has 0 saturated carbocycles. The highest BCUT2D eigenvalue weighted by atomic mass is 16.6. The Bertz CT molecular complexity index is 712. The van der Waals surface area contributed by atoms with Crippen LogP contribution in [-0.2, 0) is 4.79 Å². The number of hydrogen-bond acceptors (Lipinski definition) is 4. The molecule has 0 bridgehead atoms. The molecule has 1 aromatic heterocycles. The van der Waals surface area contributed by atoms with Crippen molar-refractivity contribution in [1.29, 1.82) is 0 Å². The maximum atomic E-state index is 12.1. The Hall–Kier alpha value is -2.83. The molecule has 2 N–H and O–H groups in total. The molecule has 7 heteroatoms. The van der Waals surface area contributed by atoms with Gasteiger partial charge < -0.3 is 15.0 Å². The lowest BCUT2D eigenvalue weighted by Crippen LogP contribution is -2.15. The fourth-order valence-corrected chi connectivity index (χ4v) is 2.57. The molecule has 3 rings (SSSR count). The molecule has 1 aromatic rings. The number of fused-ring (bicyclic) bond motifs is 1. The predicted molar refractivity (Wildman–Crippen MR) is 74.7 cm³/mol. The van der Waals surface area contributed by atoms with E-state index in [9.17, 15) is 14.9 Å². The van der Waals surface area contributed by atoms with E-state index < -0.39 is 4.92 Å². The number of nitro groups is 1. The van der Waals surface area contributed by atoms with Gasteiger partial charge in [-0.2, -0.15) is 0 Å². The van der Waals surface area contributed by atoms with Crippen molar-refractivity contribution in [2.75, 3.05) is 7.11 Å². The minimum atomic E-state index is -0.414. The van der Waals surface area contributed by atoms with Crippen LogP contribution in [0.1, 0.15) is 12.1 Å². The quantitative estimate of drug-likeness (QED) is 0.501. The number of ether oxygens (including phenoxy) is 1. The van der Waals surface area contributed by atoms with Gasteiger partial charge in [-0.15, -0.1) is 0 Å².